The van der Waals surface area contributed by atoms with Crippen molar-refractivity contribution in [2.75, 3.05) is 12.7 Å². The summed E-state index contributed by atoms with van der Waals surface area (Å²) in [5, 5.41) is 37.9. The molecule has 7 N–H and O–H groups in total. The molecule has 0 aliphatic heterocycles. The Morgan fingerprint density at radius 1 is 1.18 bits per heavy atom. The number of hydrogen-bond donors (Lipinski definition) is 7. The number of aliphatic hydroxyl groups excluding tert-OH is 3. The molecule has 0 aliphatic rings. The van der Waals surface area contributed by atoms with E-state index in [4.69, 9.17) is 14.9 Å². The number of nitrogens with one attached hydrogen (secondary N) is 1. The normalized spacial score (nSPS) is 17.2. The van der Waals surface area contributed by atoms with Crippen LogP contribution in [0.2, 0.25) is 0 Å². The summed E-state index contributed by atoms with van der Waals surface area (Å²) in [5.41, 5.74) is 0. The van der Waals surface area contributed by atoms with Crippen LogP contribution in [0.25, 0.3) is 0 Å². The Bertz CT molecular complexity index is 292. The van der Waals surface area contributed by atoms with Crippen molar-refractivity contribution in [3.05, 3.63) is 0 Å². The van der Waals surface area contributed by atoms with Gasteiger partial charge in [-0.2, -0.15) is 0 Å². The first-order valence-corrected chi connectivity index (χ1v) is 6.49. The van der Waals surface area contributed by atoms with Gasteiger partial charge in [0.1, 0.15) is 6.10 Å². The van der Waals surface area contributed by atoms with Gasteiger partial charge < -0.3 is 35.5 Å². The lowest BCUT2D eigenvalue weighted by molar-refractivity contribution is -0.0580. The molecule has 9 nitrogen and oxygen atoms in total. The largest absolute Gasteiger partial charge is 0.465 e. The topological polar surface area (TPSA) is 168 Å². The minimum atomic E-state index is -4.28. The fourth-order valence-corrected chi connectivity index (χ4v) is 1.64. The Hall–Kier alpha value is -0.700. The Kier molecular flexibility index (Phi) is 6.61. The molecule has 0 saturated heterocycles. The minimum Gasteiger partial charge on any atom is -0.465 e. The molecule has 1 amide bonds. The second-order valence-corrected chi connectivity index (χ2v) is 5.26. The SMILES string of the molecule is O=C(O)NC[C@@H](O)[C@@H](O)[C@H](O)CCP(=O)(O)O. The molecule has 0 bridgehead atoms. The molecule has 0 aromatic carbocycles. The van der Waals surface area contributed by atoms with Crippen LogP contribution < -0.4 is 5.32 Å². The third-order valence-corrected chi connectivity index (χ3v) is 2.81. The molecule has 3 atom stereocenters. The lowest BCUT2D eigenvalue weighted by atomic mass is 10.1. The van der Waals surface area contributed by atoms with E-state index in [0.29, 0.717) is 0 Å². The molecule has 0 fully saturated rings. The van der Waals surface area contributed by atoms with Gasteiger partial charge in [-0.25, -0.2) is 4.79 Å². The molecule has 17 heavy (non-hydrogen) atoms. The first-order chi connectivity index (χ1) is 7.63. The van der Waals surface area contributed by atoms with E-state index in [0.717, 1.165) is 0 Å². The van der Waals surface area contributed by atoms with E-state index in [1.807, 2.05) is 0 Å². The van der Waals surface area contributed by atoms with E-state index in [1.54, 1.807) is 5.32 Å². The van der Waals surface area contributed by atoms with Crippen molar-refractivity contribution < 1.29 is 39.6 Å². The molecular formula is C7H16NO8P. The number of carboxylic acid groups (broad SMARTS) is 1. The molecular weight excluding hydrogens is 257 g/mol. The van der Waals surface area contributed by atoms with Crippen molar-refractivity contribution in [1.29, 1.82) is 0 Å². The van der Waals surface area contributed by atoms with Crippen molar-refractivity contribution in [2.24, 2.45) is 0 Å². The lowest BCUT2D eigenvalue weighted by Gasteiger charge is -2.22. The maximum absolute atomic E-state index is 10.5. The lowest BCUT2D eigenvalue weighted by Crippen LogP contribution is -2.44. The average Bonchev–Trinajstić information content (AvgIpc) is 2.20. The van der Waals surface area contributed by atoms with Gasteiger partial charge in [0.2, 0.25) is 0 Å². The van der Waals surface area contributed by atoms with Gasteiger partial charge in [0.25, 0.3) is 0 Å². The monoisotopic (exact) mass is 273 g/mol. The van der Waals surface area contributed by atoms with E-state index < -0.39 is 51.1 Å². The van der Waals surface area contributed by atoms with Crippen molar-refractivity contribution in [1.82, 2.24) is 5.32 Å². The Balaban J connectivity index is 4.06. The highest BCUT2D eigenvalue weighted by Crippen LogP contribution is 2.35. The summed E-state index contributed by atoms with van der Waals surface area (Å²) in [6.07, 6.45) is -7.24. The van der Waals surface area contributed by atoms with Crippen molar-refractivity contribution >= 4 is 13.7 Å². The predicted molar refractivity (Wildman–Crippen MR) is 55.6 cm³/mol. The molecule has 102 valence electrons. The van der Waals surface area contributed by atoms with E-state index in [1.165, 1.54) is 0 Å². The smallest absolute Gasteiger partial charge is 0.404 e. The highest BCUT2D eigenvalue weighted by Gasteiger charge is 2.27. The summed E-state index contributed by atoms with van der Waals surface area (Å²) in [5.74, 6) is 0. The quantitative estimate of drug-likeness (QED) is 0.259. The maximum atomic E-state index is 10.5. The molecule has 0 aromatic heterocycles. The van der Waals surface area contributed by atoms with Gasteiger partial charge in [0, 0.05) is 6.54 Å². The molecule has 0 unspecified atom stereocenters. The molecule has 0 spiro atoms. The van der Waals surface area contributed by atoms with Gasteiger partial charge in [-0.15, -0.1) is 0 Å². The van der Waals surface area contributed by atoms with Crippen molar-refractivity contribution in [3.63, 3.8) is 0 Å². The second kappa shape index (κ2) is 6.90. The van der Waals surface area contributed by atoms with E-state index in [9.17, 15) is 24.7 Å². The first kappa shape index (κ1) is 16.3. The highest BCUT2D eigenvalue weighted by atomic mass is 31.2. The molecule has 0 heterocycles. The van der Waals surface area contributed by atoms with Gasteiger partial charge in [-0.1, -0.05) is 0 Å². The van der Waals surface area contributed by atoms with Crippen LogP contribution in [0.3, 0.4) is 0 Å². The molecule has 0 aromatic rings. The summed E-state index contributed by atoms with van der Waals surface area (Å²) >= 11 is 0. The van der Waals surface area contributed by atoms with Crippen LogP contribution in [0.15, 0.2) is 0 Å². The number of aliphatic hydroxyl groups is 3. The van der Waals surface area contributed by atoms with Gasteiger partial charge in [-0.3, -0.25) is 4.57 Å². The highest BCUT2D eigenvalue weighted by molar-refractivity contribution is 7.51. The summed E-state index contributed by atoms with van der Waals surface area (Å²) in [7, 11) is -4.28. The number of hydrogen-bond acceptors (Lipinski definition) is 5. The van der Waals surface area contributed by atoms with Crippen molar-refractivity contribution in [2.45, 2.75) is 24.7 Å². The standard InChI is InChI=1S/C7H16NO8P/c9-4(1-2-17(14,15)16)6(11)5(10)3-8-7(12)13/h4-6,8-11H,1-3H2,(H,12,13)(H2,14,15,16)/t4-,5-,6+/m1/s1. The second-order valence-electron chi connectivity index (χ2n) is 3.49. The van der Waals surface area contributed by atoms with Crippen LogP contribution >= 0.6 is 7.60 Å². The van der Waals surface area contributed by atoms with E-state index in [2.05, 4.69) is 0 Å². The zero-order chi connectivity index (χ0) is 13.6. The number of carbonyl (C=O) groups is 1. The Morgan fingerprint density at radius 3 is 2.12 bits per heavy atom. The Morgan fingerprint density at radius 2 is 1.71 bits per heavy atom. The zero-order valence-electron chi connectivity index (χ0n) is 8.80. The number of rotatable bonds is 7. The van der Waals surface area contributed by atoms with E-state index in [-0.39, 0.29) is 0 Å². The van der Waals surface area contributed by atoms with Crippen LogP contribution in [-0.2, 0) is 4.57 Å². The van der Waals surface area contributed by atoms with Crippen LogP contribution in [0.5, 0.6) is 0 Å². The van der Waals surface area contributed by atoms with Gasteiger partial charge in [-0.05, 0) is 6.42 Å². The summed E-state index contributed by atoms with van der Waals surface area (Å²) in [6.45, 7) is -0.497. The van der Waals surface area contributed by atoms with Crippen molar-refractivity contribution in [3.8, 4) is 0 Å². The summed E-state index contributed by atoms with van der Waals surface area (Å²) in [4.78, 5) is 27.1. The Labute approximate surface area is 96.9 Å². The molecule has 0 radical (unpaired) electrons. The summed E-state index contributed by atoms with van der Waals surface area (Å²) in [6, 6.07) is 0. The first-order valence-electron chi connectivity index (χ1n) is 4.69. The van der Waals surface area contributed by atoms with Crippen LogP contribution in [0, 0.1) is 0 Å². The van der Waals surface area contributed by atoms with Gasteiger partial charge in [0.15, 0.2) is 0 Å². The fourth-order valence-electron chi connectivity index (χ4n) is 1.04. The van der Waals surface area contributed by atoms with Crippen LogP contribution in [0.4, 0.5) is 4.79 Å². The van der Waals surface area contributed by atoms with Gasteiger partial charge >= 0.3 is 13.7 Å². The van der Waals surface area contributed by atoms with Crippen LogP contribution in [-0.4, -0.2) is 67.3 Å². The fraction of sp³-hybridized carbons (Fsp3) is 0.857. The molecule has 0 rings (SSSR count). The minimum absolute atomic E-state index is 0.407. The van der Waals surface area contributed by atoms with E-state index >= 15 is 0 Å². The third-order valence-electron chi connectivity index (χ3n) is 1.97. The molecule has 10 heteroatoms. The van der Waals surface area contributed by atoms with Gasteiger partial charge in [0.05, 0.1) is 18.4 Å². The molecule has 0 aliphatic carbocycles. The van der Waals surface area contributed by atoms with Crippen LogP contribution in [0.1, 0.15) is 6.42 Å². The maximum Gasteiger partial charge on any atom is 0.404 e. The summed E-state index contributed by atoms with van der Waals surface area (Å²) < 4.78 is 10.5. The third kappa shape index (κ3) is 8.08. The zero-order valence-corrected chi connectivity index (χ0v) is 9.69. The average molecular weight is 273 g/mol. The molecule has 0 saturated carbocycles. The number of amides is 1. The predicted octanol–water partition coefficient (Wildman–Crippen LogP) is -2.10.